The van der Waals surface area contributed by atoms with Gasteiger partial charge in [-0.3, -0.25) is 14.3 Å². The molecule has 5 rings (SSSR count). The van der Waals surface area contributed by atoms with Crippen LogP contribution in [0.2, 0.25) is 0 Å². The molecule has 2 aliphatic rings. The lowest BCUT2D eigenvalue weighted by Crippen LogP contribution is -2.58. The highest BCUT2D eigenvalue weighted by atomic mass is 32.2. The predicted molar refractivity (Wildman–Crippen MR) is 131 cm³/mol. The largest absolute Gasteiger partial charge is 0.451 e. The molecule has 0 unspecified atom stereocenters. The molecule has 1 N–H and O–H groups in total. The fourth-order valence-corrected chi connectivity index (χ4v) is 7.32. The summed E-state index contributed by atoms with van der Waals surface area (Å²) in [6.45, 7) is 1.10. The van der Waals surface area contributed by atoms with Gasteiger partial charge in [-0.05, 0) is 18.1 Å². The van der Waals surface area contributed by atoms with Gasteiger partial charge in [0.25, 0.3) is 5.91 Å². The third-order valence-electron chi connectivity index (χ3n) is 6.95. The van der Waals surface area contributed by atoms with Gasteiger partial charge in [0.2, 0.25) is 5.91 Å². The summed E-state index contributed by atoms with van der Waals surface area (Å²) in [6, 6.07) is 16.7. The third-order valence-corrected chi connectivity index (χ3v) is 9.71. The maximum atomic E-state index is 13.8. The molecular formula is C25H25N5O6S. The van der Waals surface area contributed by atoms with E-state index in [0.29, 0.717) is 11.1 Å². The molecule has 2 amide bonds. The molecule has 2 fully saturated rings. The van der Waals surface area contributed by atoms with Crippen molar-refractivity contribution in [1.82, 2.24) is 25.2 Å². The van der Waals surface area contributed by atoms with E-state index in [9.17, 15) is 22.8 Å². The third kappa shape index (κ3) is 3.97. The maximum absolute atomic E-state index is 13.8. The second kappa shape index (κ2) is 9.11. The van der Waals surface area contributed by atoms with E-state index in [-0.39, 0.29) is 18.7 Å². The number of hydrogen-bond acceptors (Lipinski definition) is 8. The summed E-state index contributed by atoms with van der Waals surface area (Å²) in [7, 11) is -2.59. The second-order valence-corrected chi connectivity index (χ2v) is 11.8. The number of rotatable bonds is 7. The summed E-state index contributed by atoms with van der Waals surface area (Å²) in [6.07, 6.45) is 0.280. The first kappa shape index (κ1) is 24.6. The van der Waals surface area contributed by atoms with Crippen molar-refractivity contribution in [2.24, 2.45) is 0 Å². The lowest BCUT2D eigenvalue weighted by Gasteiger charge is -2.37. The number of β-lactam (4-membered cyclic amide) rings is 1. The molecule has 192 valence electrons. The van der Waals surface area contributed by atoms with E-state index in [1.54, 1.807) is 0 Å². The zero-order valence-electron chi connectivity index (χ0n) is 20.1. The summed E-state index contributed by atoms with van der Waals surface area (Å²) in [5, 5.41) is 8.96. The molecule has 3 heterocycles. The second-order valence-electron chi connectivity index (χ2n) is 9.24. The van der Waals surface area contributed by atoms with Gasteiger partial charge in [0.15, 0.2) is 27.7 Å². The van der Waals surface area contributed by atoms with Gasteiger partial charge < -0.3 is 15.0 Å². The molecule has 3 aromatic rings. The Balaban J connectivity index is 1.52. The van der Waals surface area contributed by atoms with Crippen LogP contribution in [-0.4, -0.2) is 69.3 Å². The highest BCUT2D eigenvalue weighted by Crippen LogP contribution is 2.47. The Kier molecular flexibility index (Phi) is 6.06. The van der Waals surface area contributed by atoms with E-state index < -0.39 is 49.9 Å². The number of carbonyl (C=O) groups excluding carboxylic acids is 3. The number of nitrogens with zero attached hydrogens (tertiary/aromatic N) is 4. The summed E-state index contributed by atoms with van der Waals surface area (Å²) in [5.41, 5.74) is 1.39. The number of nitrogens with one attached hydrogen (secondary N) is 1. The minimum Gasteiger partial charge on any atom is -0.451 e. The number of carbonyl (C=O) groups is 3. The number of sulfone groups is 1. The normalized spacial score (nSPS) is 23.9. The van der Waals surface area contributed by atoms with Crippen molar-refractivity contribution < 1.29 is 27.5 Å². The van der Waals surface area contributed by atoms with Crippen LogP contribution in [0.5, 0.6) is 0 Å². The first-order chi connectivity index (χ1) is 17.7. The van der Waals surface area contributed by atoms with E-state index in [4.69, 9.17) is 4.74 Å². The van der Waals surface area contributed by atoms with Gasteiger partial charge >= 0.3 is 5.97 Å². The fourth-order valence-electron chi connectivity index (χ4n) is 4.96. The Labute approximate surface area is 213 Å². The van der Waals surface area contributed by atoms with Crippen molar-refractivity contribution >= 4 is 27.6 Å². The summed E-state index contributed by atoms with van der Waals surface area (Å²) >= 11 is 0. The number of esters is 1. The van der Waals surface area contributed by atoms with Crippen LogP contribution < -0.4 is 5.32 Å². The van der Waals surface area contributed by atoms with Crippen molar-refractivity contribution in [3.63, 3.8) is 0 Å². The molecule has 2 aliphatic heterocycles. The Hall–Kier alpha value is -4.06. The SMILES string of the molecule is CNC(=O)c1cn(C[C@@]2(C)[C@H](C(=O)OC(c3ccccc3)c3ccccc3)N3C(=O)C[C@@H]3S2(=O)=O)nn1. The smallest absolute Gasteiger partial charge is 0.331 e. The van der Waals surface area contributed by atoms with Gasteiger partial charge in [0.05, 0.1) is 19.2 Å². The molecule has 37 heavy (non-hydrogen) atoms. The number of aromatic nitrogens is 3. The topological polar surface area (TPSA) is 141 Å². The molecule has 2 aromatic carbocycles. The quantitative estimate of drug-likeness (QED) is 0.358. The predicted octanol–water partition coefficient (Wildman–Crippen LogP) is 1.08. The van der Waals surface area contributed by atoms with Crippen LogP contribution in [0.3, 0.4) is 0 Å². The molecule has 3 atom stereocenters. The molecule has 0 saturated carbocycles. The fraction of sp³-hybridized carbons (Fsp3) is 0.320. The number of hydrogen-bond donors (Lipinski definition) is 1. The molecular weight excluding hydrogens is 498 g/mol. The first-order valence-electron chi connectivity index (χ1n) is 11.6. The first-order valence-corrected chi connectivity index (χ1v) is 13.2. The van der Waals surface area contributed by atoms with Gasteiger partial charge in [-0.25, -0.2) is 13.2 Å². The van der Waals surface area contributed by atoms with Crippen molar-refractivity contribution in [1.29, 1.82) is 0 Å². The molecule has 0 bridgehead atoms. The zero-order chi connectivity index (χ0) is 26.4. The van der Waals surface area contributed by atoms with Crippen molar-refractivity contribution in [3.05, 3.63) is 83.7 Å². The van der Waals surface area contributed by atoms with E-state index in [1.165, 1.54) is 24.9 Å². The van der Waals surface area contributed by atoms with Crippen LogP contribution in [0.25, 0.3) is 0 Å². The van der Waals surface area contributed by atoms with Crippen LogP contribution >= 0.6 is 0 Å². The Morgan fingerprint density at radius 3 is 2.24 bits per heavy atom. The van der Waals surface area contributed by atoms with E-state index >= 15 is 0 Å². The van der Waals surface area contributed by atoms with Crippen LogP contribution in [-0.2, 0) is 30.7 Å². The number of ether oxygens (including phenoxy) is 1. The van der Waals surface area contributed by atoms with Crippen LogP contribution in [0.1, 0.15) is 41.1 Å². The van der Waals surface area contributed by atoms with Crippen LogP contribution in [0.15, 0.2) is 66.9 Å². The Bertz CT molecular complexity index is 1420. The van der Waals surface area contributed by atoms with E-state index in [0.717, 1.165) is 4.90 Å². The summed E-state index contributed by atoms with van der Waals surface area (Å²) in [5.74, 6) is -1.78. The molecule has 2 saturated heterocycles. The van der Waals surface area contributed by atoms with Gasteiger partial charge in [0.1, 0.15) is 10.1 Å². The monoisotopic (exact) mass is 523 g/mol. The molecule has 0 radical (unpaired) electrons. The highest BCUT2D eigenvalue weighted by molar-refractivity contribution is 7.93. The lowest BCUT2D eigenvalue weighted by molar-refractivity contribution is -0.164. The van der Waals surface area contributed by atoms with Gasteiger partial charge in [0, 0.05) is 7.05 Å². The minimum atomic E-state index is -4.02. The summed E-state index contributed by atoms with van der Waals surface area (Å²) < 4.78 is 32.7. The Morgan fingerprint density at radius 1 is 1.11 bits per heavy atom. The van der Waals surface area contributed by atoms with Gasteiger partial charge in [-0.1, -0.05) is 65.9 Å². The minimum absolute atomic E-state index is 0.00630. The van der Waals surface area contributed by atoms with Crippen molar-refractivity contribution in [3.8, 4) is 0 Å². The average molecular weight is 524 g/mol. The molecule has 12 heteroatoms. The highest BCUT2D eigenvalue weighted by Gasteiger charge is 2.70. The molecule has 11 nitrogen and oxygen atoms in total. The van der Waals surface area contributed by atoms with Gasteiger partial charge in [-0.2, -0.15) is 0 Å². The van der Waals surface area contributed by atoms with Crippen molar-refractivity contribution in [2.45, 2.75) is 42.2 Å². The standard InChI is InChI=1S/C25H25N5O6S/c1-25(15-29-14-18(27-28-29)23(32)26-2)22(30-19(31)13-20(30)37(25,34)35)24(33)36-21(16-9-5-3-6-10-16)17-11-7-4-8-12-17/h3-12,14,20-22H,13,15H2,1-2H3,(H,26,32)/t20-,22-,25-/m0/s1. The zero-order valence-corrected chi connectivity index (χ0v) is 21.0. The number of fused-ring (bicyclic) bond motifs is 1. The molecule has 1 aromatic heterocycles. The average Bonchev–Trinajstić information content (AvgIpc) is 3.41. The van der Waals surface area contributed by atoms with Crippen LogP contribution in [0.4, 0.5) is 0 Å². The number of benzene rings is 2. The number of amides is 2. The van der Waals surface area contributed by atoms with E-state index in [1.807, 2.05) is 60.7 Å². The van der Waals surface area contributed by atoms with Crippen molar-refractivity contribution in [2.75, 3.05) is 7.05 Å². The summed E-state index contributed by atoms with van der Waals surface area (Å²) in [4.78, 5) is 39.4. The lowest BCUT2D eigenvalue weighted by atomic mass is 9.95. The van der Waals surface area contributed by atoms with Gasteiger partial charge in [-0.15, -0.1) is 5.10 Å². The van der Waals surface area contributed by atoms with Crippen LogP contribution in [0, 0.1) is 0 Å². The maximum Gasteiger partial charge on any atom is 0.331 e. The molecule has 0 aliphatic carbocycles. The molecule has 0 spiro atoms. The van der Waals surface area contributed by atoms with E-state index in [2.05, 4.69) is 15.6 Å². The Morgan fingerprint density at radius 2 is 1.70 bits per heavy atom.